The maximum atomic E-state index is 4.32. The lowest BCUT2D eigenvalue weighted by Crippen LogP contribution is -2.08. The predicted molar refractivity (Wildman–Crippen MR) is 53.0 cm³/mol. The molecule has 0 unspecified atom stereocenters. The Balaban J connectivity index is 1.77. The molecule has 0 saturated carbocycles. The first-order chi connectivity index (χ1) is 5.93. The molecule has 1 fully saturated rings. The van der Waals surface area contributed by atoms with Crippen LogP contribution in [0.3, 0.4) is 0 Å². The highest BCUT2D eigenvalue weighted by atomic mass is 15.2. The van der Waals surface area contributed by atoms with E-state index in [2.05, 4.69) is 21.4 Å². The van der Waals surface area contributed by atoms with Gasteiger partial charge in [0.25, 0.3) is 0 Å². The van der Waals surface area contributed by atoms with Gasteiger partial charge in [0.15, 0.2) is 0 Å². The minimum Gasteiger partial charge on any atom is -0.320 e. The number of nitrogens with one attached hydrogen (secondary N) is 1. The second-order valence-corrected chi connectivity index (χ2v) is 3.18. The van der Waals surface area contributed by atoms with Crippen molar-refractivity contribution >= 4 is 6.21 Å². The fourth-order valence-corrected chi connectivity index (χ4v) is 1.06. The second kappa shape index (κ2) is 6.14. The highest BCUT2D eigenvalue weighted by Gasteiger charge is 2.14. The van der Waals surface area contributed by atoms with Crippen molar-refractivity contribution in [3.8, 4) is 0 Å². The zero-order valence-electron chi connectivity index (χ0n) is 7.92. The molecular weight excluding hydrogens is 150 g/mol. The molecule has 0 atom stereocenters. The van der Waals surface area contributed by atoms with Gasteiger partial charge < -0.3 is 10.2 Å². The molecule has 70 valence electrons. The van der Waals surface area contributed by atoms with Crippen LogP contribution in [0.15, 0.2) is 4.99 Å². The molecule has 0 aliphatic carbocycles. The van der Waals surface area contributed by atoms with E-state index in [1.165, 1.54) is 19.6 Å². The third-order valence-corrected chi connectivity index (χ3v) is 1.96. The minimum atomic E-state index is 0.973. The molecule has 1 saturated heterocycles. The van der Waals surface area contributed by atoms with Crippen LogP contribution in [-0.2, 0) is 0 Å². The van der Waals surface area contributed by atoms with Crippen molar-refractivity contribution in [1.82, 2.24) is 10.2 Å². The normalized spacial score (nSPS) is 17.4. The Morgan fingerprint density at radius 3 is 3.00 bits per heavy atom. The molecule has 0 bridgehead atoms. The lowest BCUT2D eigenvalue weighted by Gasteiger charge is -1.95. The van der Waals surface area contributed by atoms with Crippen LogP contribution in [0.1, 0.15) is 12.8 Å². The molecule has 1 aliphatic rings. The van der Waals surface area contributed by atoms with E-state index in [-0.39, 0.29) is 0 Å². The van der Waals surface area contributed by atoms with Gasteiger partial charge in [0.2, 0.25) is 0 Å². The van der Waals surface area contributed by atoms with E-state index in [1.54, 1.807) is 0 Å². The predicted octanol–water partition coefficient (Wildman–Crippen LogP) is 0.372. The molecule has 1 rings (SSSR count). The molecule has 0 radical (unpaired) electrons. The third kappa shape index (κ3) is 5.27. The van der Waals surface area contributed by atoms with Gasteiger partial charge in [-0.1, -0.05) is 0 Å². The van der Waals surface area contributed by atoms with Crippen LogP contribution in [0.25, 0.3) is 0 Å². The van der Waals surface area contributed by atoms with Crippen LogP contribution in [0.2, 0.25) is 0 Å². The third-order valence-electron chi connectivity index (χ3n) is 1.96. The Morgan fingerprint density at radius 1 is 1.50 bits per heavy atom. The summed E-state index contributed by atoms with van der Waals surface area (Å²) in [4.78, 5) is 6.73. The molecule has 3 heteroatoms. The first-order valence-electron chi connectivity index (χ1n) is 4.78. The van der Waals surface area contributed by atoms with Crippen LogP contribution in [0, 0.1) is 0 Å². The summed E-state index contributed by atoms with van der Waals surface area (Å²) >= 11 is 0. The lowest BCUT2D eigenvalue weighted by molar-refractivity contribution is 0.577. The lowest BCUT2D eigenvalue weighted by atomic mass is 10.4. The van der Waals surface area contributed by atoms with Crippen LogP contribution in [-0.4, -0.2) is 50.9 Å². The van der Waals surface area contributed by atoms with E-state index in [0.717, 1.165) is 25.9 Å². The molecule has 0 aromatic heterocycles. The van der Waals surface area contributed by atoms with Crippen LogP contribution >= 0.6 is 0 Å². The van der Waals surface area contributed by atoms with E-state index in [0.29, 0.717) is 0 Å². The van der Waals surface area contributed by atoms with E-state index >= 15 is 0 Å². The Bertz CT molecular complexity index is 130. The summed E-state index contributed by atoms with van der Waals surface area (Å²) in [5.74, 6) is 0. The average molecular weight is 169 g/mol. The highest BCUT2D eigenvalue weighted by molar-refractivity contribution is 5.57. The Hall–Kier alpha value is -0.410. The Labute approximate surface area is 74.9 Å². The number of nitrogens with zero attached hydrogens (tertiary/aromatic N) is 2. The molecular formula is C9H19N3. The summed E-state index contributed by atoms with van der Waals surface area (Å²) in [6.45, 7) is 5.85. The van der Waals surface area contributed by atoms with Crippen LogP contribution in [0.5, 0.6) is 0 Å². The number of hydrogen-bond acceptors (Lipinski definition) is 3. The Kier molecular flexibility index (Phi) is 4.95. The van der Waals surface area contributed by atoms with Crippen molar-refractivity contribution < 1.29 is 0 Å². The zero-order chi connectivity index (χ0) is 8.65. The summed E-state index contributed by atoms with van der Waals surface area (Å²) in [7, 11) is 1.98. The van der Waals surface area contributed by atoms with Crippen molar-refractivity contribution in [1.29, 1.82) is 0 Å². The first-order valence-corrected chi connectivity index (χ1v) is 4.78. The molecule has 1 N–H and O–H groups in total. The topological polar surface area (TPSA) is 27.4 Å². The van der Waals surface area contributed by atoms with E-state index in [4.69, 9.17) is 0 Å². The molecule has 3 nitrogen and oxygen atoms in total. The summed E-state index contributed by atoms with van der Waals surface area (Å²) in [6, 6.07) is 0. The standard InChI is InChI=1S/C9H19N3/c1-10-4-2-5-11-6-3-7-12-8-9-12/h6,10H,2-5,7-9H2,1H3. The minimum absolute atomic E-state index is 0.973. The zero-order valence-corrected chi connectivity index (χ0v) is 7.92. The summed E-state index contributed by atoms with van der Waals surface area (Å²) in [5.41, 5.74) is 0. The molecule has 0 amide bonds. The molecule has 0 aromatic rings. The van der Waals surface area contributed by atoms with Gasteiger partial charge in [0, 0.05) is 26.2 Å². The smallest absolute Gasteiger partial charge is 0.0397 e. The Morgan fingerprint density at radius 2 is 2.33 bits per heavy atom. The largest absolute Gasteiger partial charge is 0.320 e. The molecule has 0 aromatic carbocycles. The van der Waals surface area contributed by atoms with Gasteiger partial charge in [-0.05, 0) is 32.6 Å². The SMILES string of the molecule is CNCCCN=CCCN1CC1. The first kappa shape index (κ1) is 9.68. The molecule has 1 aliphatic heterocycles. The van der Waals surface area contributed by atoms with Gasteiger partial charge in [-0.3, -0.25) is 4.99 Å². The van der Waals surface area contributed by atoms with E-state index < -0.39 is 0 Å². The monoisotopic (exact) mass is 169 g/mol. The highest BCUT2D eigenvalue weighted by Crippen LogP contribution is 2.01. The van der Waals surface area contributed by atoms with Gasteiger partial charge in [0.05, 0.1) is 0 Å². The van der Waals surface area contributed by atoms with Gasteiger partial charge in [-0.2, -0.15) is 0 Å². The van der Waals surface area contributed by atoms with Crippen molar-refractivity contribution in [2.24, 2.45) is 4.99 Å². The van der Waals surface area contributed by atoms with E-state index in [9.17, 15) is 0 Å². The number of rotatable bonds is 7. The molecule has 1 heterocycles. The maximum absolute atomic E-state index is 4.32. The molecule has 12 heavy (non-hydrogen) atoms. The van der Waals surface area contributed by atoms with Crippen LogP contribution in [0.4, 0.5) is 0 Å². The summed E-state index contributed by atoms with van der Waals surface area (Å²) < 4.78 is 0. The van der Waals surface area contributed by atoms with E-state index in [1.807, 2.05) is 7.05 Å². The molecule has 0 spiro atoms. The van der Waals surface area contributed by atoms with Crippen molar-refractivity contribution in [2.75, 3.05) is 39.8 Å². The fourth-order valence-electron chi connectivity index (χ4n) is 1.06. The quantitative estimate of drug-likeness (QED) is 0.339. The second-order valence-electron chi connectivity index (χ2n) is 3.18. The van der Waals surface area contributed by atoms with Crippen LogP contribution < -0.4 is 5.32 Å². The maximum Gasteiger partial charge on any atom is 0.0397 e. The van der Waals surface area contributed by atoms with Crippen molar-refractivity contribution in [3.63, 3.8) is 0 Å². The number of hydrogen-bond donors (Lipinski definition) is 1. The fraction of sp³-hybridized carbons (Fsp3) is 0.889. The van der Waals surface area contributed by atoms with Gasteiger partial charge in [-0.15, -0.1) is 0 Å². The van der Waals surface area contributed by atoms with Gasteiger partial charge in [0.1, 0.15) is 0 Å². The van der Waals surface area contributed by atoms with Gasteiger partial charge >= 0.3 is 0 Å². The van der Waals surface area contributed by atoms with Crippen molar-refractivity contribution in [3.05, 3.63) is 0 Å². The average Bonchev–Trinajstić information content (AvgIpc) is 2.87. The van der Waals surface area contributed by atoms with Crippen molar-refractivity contribution in [2.45, 2.75) is 12.8 Å². The number of aliphatic imine (C=N–C) groups is 1. The summed E-state index contributed by atoms with van der Waals surface area (Å²) in [6.07, 6.45) is 4.34. The van der Waals surface area contributed by atoms with Gasteiger partial charge in [-0.25, -0.2) is 0 Å². The summed E-state index contributed by atoms with van der Waals surface area (Å²) in [5, 5.41) is 3.10.